The highest BCUT2D eigenvalue weighted by Crippen LogP contribution is 2.40. The molecule has 1 saturated carbocycles. The molecule has 1 spiro atoms. The molecule has 4 nitrogen and oxygen atoms in total. The molecule has 1 aromatic carbocycles. The van der Waals surface area contributed by atoms with E-state index in [-0.39, 0.29) is 11.9 Å². The Bertz CT molecular complexity index is 553. The fourth-order valence-electron chi connectivity index (χ4n) is 3.20. The van der Waals surface area contributed by atoms with Crippen LogP contribution in [0.4, 0.5) is 10.5 Å². The Morgan fingerprint density at radius 2 is 1.90 bits per heavy atom. The van der Waals surface area contributed by atoms with Crippen LogP contribution in [0.5, 0.6) is 0 Å². The van der Waals surface area contributed by atoms with Crippen molar-refractivity contribution in [1.29, 1.82) is 0 Å². The van der Waals surface area contributed by atoms with Crippen molar-refractivity contribution in [3.05, 3.63) is 29.3 Å². The maximum Gasteiger partial charge on any atom is 0.328 e. The van der Waals surface area contributed by atoms with Gasteiger partial charge in [0.2, 0.25) is 5.91 Å². The minimum absolute atomic E-state index is 0.0804. The van der Waals surface area contributed by atoms with Crippen molar-refractivity contribution in [2.24, 2.45) is 5.41 Å². The Balaban J connectivity index is 1.96. The second-order valence-electron chi connectivity index (χ2n) is 5.62. The van der Waals surface area contributed by atoms with E-state index in [1.54, 1.807) is 24.3 Å². The highest BCUT2D eigenvalue weighted by molar-refractivity contribution is 6.31. The molecule has 0 aromatic heterocycles. The zero-order valence-corrected chi connectivity index (χ0v) is 11.9. The third-order valence-electron chi connectivity index (χ3n) is 4.31. The van der Waals surface area contributed by atoms with E-state index in [9.17, 15) is 9.59 Å². The molecule has 20 heavy (non-hydrogen) atoms. The Morgan fingerprint density at radius 1 is 1.15 bits per heavy atom. The first kappa shape index (κ1) is 13.4. The number of rotatable bonds is 1. The van der Waals surface area contributed by atoms with E-state index in [0.717, 1.165) is 25.7 Å². The second kappa shape index (κ2) is 5.09. The zero-order valence-electron chi connectivity index (χ0n) is 11.2. The number of carbonyl (C=O) groups is 2. The van der Waals surface area contributed by atoms with Crippen LogP contribution in [0.15, 0.2) is 24.3 Å². The molecule has 106 valence electrons. The normalized spacial score (nSPS) is 21.9. The molecule has 0 unspecified atom stereocenters. The number of imide groups is 1. The van der Waals surface area contributed by atoms with Crippen molar-refractivity contribution in [2.45, 2.75) is 32.1 Å². The summed E-state index contributed by atoms with van der Waals surface area (Å²) in [7, 11) is 0. The number of urea groups is 1. The maximum atomic E-state index is 12.8. The Kier molecular flexibility index (Phi) is 3.42. The summed E-state index contributed by atoms with van der Waals surface area (Å²) in [5.41, 5.74) is 0.124. The van der Waals surface area contributed by atoms with Crippen molar-refractivity contribution in [1.82, 2.24) is 5.32 Å². The molecule has 0 bridgehead atoms. The fraction of sp³-hybridized carbons (Fsp3) is 0.467. The van der Waals surface area contributed by atoms with Gasteiger partial charge in [0.25, 0.3) is 0 Å². The average Bonchev–Trinajstić information content (AvgIpc) is 2.45. The molecular formula is C15H17ClN2O2. The highest BCUT2D eigenvalue weighted by atomic mass is 35.5. The molecule has 3 amide bonds. The zero-order chi connectivity index (χ0) is 14.2. The lowest BCUT2D eigenvalue weighted by molar-refractivity contribution is -0.130. The lowest BCUT2D eigenvalue weighted by Gasteiger charge is -2.43. The van der Waals surface area contributed by atoms with Crippen LogP contribution >= 0.6 is 11.6 Å². The first-order valence-electron chi connectivity index (χ1n) is 7.00. The van der Waals surface area contributed by atoms with Gasteiger partial charge in [0.1, 0.15) is 0 Å². The molecule has 1 N–H and O–H groups in total. The quantitative estimate of drug-likeness (QED) is 0.863. The van der Waals surface area contributed by atoms with Gasteiger partial charge in [-0.05, 0) is 31.0 Å². The SMILES string of the molecule is O=C1NCC2(CCCCC2)C(=O)N1c1cccc(Cl)c1. The number of amides is 3. The van der Waals surface area contributed by atoms with Gasteiger partial charge in [-0.25, -0.2) is 9.69 Å². The van der Waals surface area contributed by atoms with Gasteiger partial charge in [-0.3, -0.25) is 4.79 Å². The van der Waals surface area contributed by atoms with Crippen LogP contribution < -0.4 is 10.2 Å². The summed E-state index contributed by atoms with van der Waals surface area (Å²) in [6, 6.07) is 6.52. The predicted octanol–water partition coefficient (Wildman–Crippen LogP) is 3.35. The standard InChI is InChI=1S/C15H17ClN2O2/c16-11-5-4-6-12(9-11)18-13(19)15(10-17-14(18)20)7-2-1-3-8-15/h4-6,9H,1-3,7-8,10H2,(H,17,20). The molecular weight excluding hydrogens is 276 g/mol. The average molecular weight is 293 g/mol. The van der Waals surface area contributed by atoms with Gasteiger partial charge in [-0.15, -0.1) is 0 Å². The molecule has 2 aliphatic rings. The molecule has 5 heteroatoms. The van der Waals surface area contributed by atoms with E-state index < -0.39 is 5.41 Å². The van der Waals surface area contributed by atoms with E-state index in [2.05, 4.69) is 5.32 Å². The second-order valence-corrected chi connectivity index (χ2v) is 6.06. The van der Waals surface area contributed by atoms with Crippen molar-refractivity contribution < 1.29 is 9.59 Å². The summed E-state index contributed by atoms with van der Waals surface area (Å²) in [4.78, 5) is 26.2. The van der Waals surface area contributed by atoms with Gasteiger partial charge in [-0.1, -0.05) is 36.9 Å². The first-order valence-corrected chi connectivity index (χ1v) is 7.38. The maximum absolute atomic E-state index is 12.8. The first-order chi connectivity index (χ1) is 9.62. The number of hydrogen-bond donors (Lipinski definition) is 1. The van der Waals surface area contributed by atoms with E-state index in [1.807, 2.05) is 0 Å². The predicted molar refractivity (Wildman–Crippen MR) is 77.9 cm³/mol. The Labute approximate surface area is 123 Å². The molecule has 1 aromatic rings. The Morgan fingerprint density at radius 3 is 2.60 bits per heavy atom. The van der Waals surface area contributed by atoms with Gasteiger partial charge in [0, 0.05) is 11.6 Å². The number of anilines is 1. The minimum atomic E-state index is -0.422. The molecule has 1 saturated heterocycles. The summed E-state index contributed by atoms with van der Waals surface area (Å²) < 4.78 is 0. The van der Waals surface area contributed by atoms with Crippen LogP contribution in [-0.2, 0) is 4.79 Å². The minimum Gasteiger partial charge on any atom is -0.336 e. The summed E-state index contributed by atoms with van der Waals surface area (Å²) >= 11 is 5.97. The lowest BCUT2D eigenvalue weighted by atomic mass is 9.72. The smallest absolute Gasteiger partial charge is 0.328 e. The number of nitrogens with one attached hydrogen (secondary N) is 1. The van der Waals surface area contributed by atoms with Crippen LogP contribution in [0.2, 0.25) is 5.02 Å². The van der Waals surface area contributed by atoms with E-state index in [1.165, 1.54) is 11.3 Å². The summed E-state index contributed by atoms with van der Waals surface area (Å²) in [5, 5.41) is 3.38. The van der Waals surface area contributed by atoms with Crippen LogP contribution in [-0.4, -0.2) is 18.5 Å². The Hall–Kier alpha value is -1.55. The number of carbonyl (C=O) groups excluding carboxylic acids is 2. The molecule has 2 fully saturated rings. The molecule has 1 aliphatic heterocycles. The number of nitrogens with zero attached hydrogens (tertiary/aromatic N) is 1. The molecule has 1 aliphatic carbocycles. The fourth-order valence-corrected chi connectivity index (χ4v) is 3.38. The van der Waals surface area contributed by atoms with Gasteiger partial charge >= 0.3 is 6.03 Å². The summed E-state index contributed by atoms with van der Waals surface area (Å²) in [5.74, 6) is -0.0804. The third kappa shape index (κ3) is 2.18. The summed E-state index contributed by atoms with van der Waals surface area (Å²) in [6.07, 6.45) is 4.96. The van der Waals surface area contributed by atoms with Crippen molar-refractivity contribution >= 4 is 29.2 Å². The van der Waals surface area contributed by atoms with Crippen molar-refractivity contribution in [2.75, 3.05) is 11.4 Å². The van der Waals surface area contributed by atoms with E-state index in [0.29, 0.717) is 17.3 Å². The molecule has 1 heterocycles. The highest BCUT2D eigenvalue weighted by Gasteiger charge is 2.47. The van der Waals surface area contributed by atoms with E-state index in [4.69, 9.17) is 11.6 Å². The van der Waals surface area contributed by atoms with Crippen LogP contribution in [0, 0.1) is 5.41 Å². The van der Waals surface area contributed by atoms with Crippen LogP contribution in [0.3, 0.4) is 0 Å². The summed E-state index contributed by atoms with van der Waals surface area (Å²) in [6.45, 7) is 0.460. The van der Waals surface area contributed by atoms with Gasteiger partial charge in [-0.2, -0.15) is 0 Å². The molecule has 0 atom stereocenters. The lowest BCUT2D eigenvalue weighted by Crippen LogP contribution is -2.61. The van der Waals surface area contributed by atoms with Crippen molar-refractivity contribution in [3.63, 3.8) is 0 Å². The number of halogens is 1. The van der Waals surface area contributed by atoms with Gasteiger partial charge < -0.3 is 5.32 Å². The topological polar surface area (TPSA) is 49.4 Å². The number of hydrogen-bond acceptors (Lipinski definition) is 2. The number of benzene rings is 1. The third-order valence-corrected chi connectivity index (χ3v) is 4.55. The van der Waals surface area contributed by atoms with E-state index >= 15 is 0 Å². The molecule has 0 radical (unpaired) electrons. The van der Waals surface area contributed by atoms with Gasteiger partial charge in [0.05, 0.1) is 11.1 Å². The largest absolute Gasteiger partial charge is 0.336 e. The van der Waals surface area contributed by atoms with Crippen LogP contribution in [0.25, 0.3) is 0 Å². The monoisotopic (exact) mass is 292 g/mol. The van der Waals surface area contributed by atoms with Crippen LogP contribution in [0.1, 0.15) is 32.1 Å². The van der Waals surface area contributed by atoms with Gasteiger partial charge in [0.15, 0.2) is 0 Å². The molecule has 3 rings (SSSR count). The van der Waals surface area contributed by atoms with Crippen molar-refractivity contribution in [3.8, 4) is 0 Å².